The van der Waals surface area contributed by atoms with Crippen LogP contribution in [0.1, 0.15) is 54.4 Å². The monoisotopic (exact) mass is 895 g/mol. The summed E-state index contributed by atoms with van der Waals surface area (Å²) in [5, 5.41) is 52.7. The molecule has 1 heterocycles. The van der Waals surface area contributed by atoms with E-state index in [-0.39, 0.29) is 12.4 Å². The highest BCUT2D eigenvalue weighted by molar-refractivity contribution is 5.93. The predicted octanol–water partition coefficient (Wildman–Crippen LogP) is 2.63. The summed E-state index contributed by atoms with van der Waals surface area (Å²) in [6.45, 7) is -3.39. The first-order valence-corrected chi connectivity index (χ1v) is 18.7. The molecule has 4 rings (SSSR count). The van der Waals surface area contributed by atoms with Gasteiger partial charge < -0.3 is 33.7 Å². The number of halogens is 1. The van der Waals surface area contributed by atoms with E-state index in [1.807, 2.05) is 0 Å². The zero-order valence-electron chi connectivity index (χ0n) is 33.5. The smallest absolute Gasteiger partial charge is 0.313 e. The minimum Gasteiger partial charge on any atom is -0.463 e. The van der Waals surface area contributed by atoms with Crippen molar-refractivity contribution in [3.63, 3.8) is 0 Å². The molecule has 1 aliphatic heterocycles. The number of fused-ring (bicyclic) bond motifs is 2. The molecule has 1 fully saturated rings. The van der Waals surface area contributed by atoms with Gasteiger partial charge in [-0.25, -0.2) is 0 Å². The van der Waals surface area contributed by atoms with Crippen molar-refractivity contribution in [1.82, 2.24) is 4.90 Å². The van der Waals surface area contributed by atoms with Crippen molar-refractivity contribution in [2.24, 2.45) is 0 Å². The number of ether oxygens (including phenoxy) is 5. The molecule has 0 saturated carbocycles. The molecule has 2 aromatic rings. The normalized spacial score (nSPS) is 18.5. The SMILES string of the molecule is CN(C)CCC=C1c2ccccc2C=Cc2ccccc21.Cl.O=C(CC[N+](=O)[O-])OCC1OC(O)C(OC(=O)CC[N+](=O)[O-])C(OC(=O)CC[N+](=O)[O-])C1OC(=O)CC[N+](=O)[O-]. The van der Waals surface area contributed by atoms with Crippen molar-refractivity contribution >= 4 is 54.0 Å². The zero-order valence-corrected chi connectivity index (χ0v) is 34.4. The highest BCUT2D eigenvalue weighted by Crippen LogP contribution is 2.34. The number of hydrogen-bond donors (Lipinski definition) is 1. The van der Waals surface area contributed by atoms with Gasteiger partial charge in [0.25, 0.3) is 0 Å². The molecule has 5 unspecified atom stereocenters. The molecule has 0 amide bonds. The summed E-state index contributed by atoms with van der Waals surface area (Å²) >= 11 is 0. The fourth-order valence-electron chi connectivity index (χ4n) is 5.83. The quantitative estimate of drug-likeness (QED) is 0.0737. The molecule has 1 N–H and O–H groups in total. The molecular weight excluding hydrogens is 850 g/mol. The van der Waals surface area contributed by atoms with Gasteiger partial charge in [-0.05, 0) is 48.3 Å². The first kappa shape index (κ1) is 51.7. The maximum Gasteiger partial charge on any atom is 0.313 e. The zero-order chi connectivity index (χ0) is 45.1. The van der Waals surface area contributed by atoms with E-state index in [2.05, 4.69) is 85.8 Å². The second-order valence-corrected chi connectivity index (χ2v) is 13.6. The Kier molecular flexibility index (Phi) is 21.7. The number of esters is 4. The van der Waals surface area contributed by atoms with Crippen molar-refractivity contribution in [1.29, 1.82) is 0 Å². The Morgan fingerprint density at radius 2 is 1.06 bits per heavy atom. The number of nitro groups is 4. The largest absolute Gasteiger partial charge is 0.463 e. The Labute approximate surface area is 359 Å². The minimum absolute atomic E-state index is 0. The second-order valence-electron chi connectivity index (χ2n) is 13.6. The summed E-state index contributed by atoms with van der Waals surface area (Å²) in [5.74, 6) is -5.06. The van der Waals surface area contributed by atoms with Gasteiger partial charge in [0.2, 0.25) is 26.2 Å². The topological polar surface area (TPSA) is 310 Å². The number of aliphatic hydroxyl groups excluding tert-OH is 1. The lowest BCUT2D eigenvalue weighted by atomic mass is 9.93. The predicted molar refractivity (Wildman–Crippen MR) is 217 cm³/mol. The standard InChI is InChI=1S/C20H21N.C18H24N4O18.ClH/c1-21(2)15-7-12-20-18-10-5-3-8-16(18)13-14-17-9-4-6-11-19(17)20;23-11(1-5-19(28)29)36-9-10-15(38-12(24)2-6-20(30)31)16(39-13(25)3-7-21(32)33)17(18(27)37-10)40-14(26)4-8-22(34)35;/h3-6,8-14H,7,15H2,1-2H3;10,15-18,27H,1-9H2;1H. The maximum atomic E-state index is 12.3. The van der Waals surface area contributed by atoms with Gasteiger partial charge in [-0.2, -0.15) is 0 Å². The van der Waals surface area contributed by atoms with Crippen LogP contribution in [0.15, 0.2) is 54.6 Å². The van der Waals surface area contributed by atoms with E-state index in [0.29, 0.717) is 0 Å². The molecule has 0 spiro atoms. The summed E-state index contributed by atoms with van der Waals surface area (Å²) < 4.78 is 25.1. The van der Waals surface area contributed by atoms with Crippen molar-refractivity contribution in [3.05, 3.63) is 117 Å². The van der Waals surface area contributed by atoms with Gasteiger partial charge in [-0.15, -0.1) is 12.4 Å². The number of nitrogens with zero attached hydrogens (tertiary/aromatic N) is 5. The summed E-state index contributed by atoms with van der Waals surface area (Å²) in [4.78, 5) is 89.5. The number of aliphatic hydroxyl groups is 1. The molecule has 2 aliphatic rings. The molecule has 1 saturated heterocycles. The first-order valence-electron chi connectivity index (χ1n) is 18.7. The van der Waals surface area contributed by atoms with Gasteiger partial charge in [-0.1, -0.05) is 66.8 Å². The van der Waals surface area contributed by atoms with Crippen LogP contribution in [0.25, 0.3) is 17.7 Å². The lowest BCUT2D eigenvalue weighted by Gasteiger charge is -2.42. The third-order valence-electron chi connectivity index (χ3n) is 8.68. The fraction of sp³-hybridized carbons (Fsp3) is 0.474. The van der Waals surface area contributed by atoms with E-state index in [0.717, 1.165) is 13.0 Å². The Morgan fingerprint density at radius 3 is 1.50 bits per heavy atom. The number of rotatable bonds is 20. The summed E-state index contributed by atoms with van der Waals surface area (Å²) in [7, 11) is 4.24. The highest BCUT2D eigenvalue weighted by Gasteiger charge is 2.52. The molecule has 62 heavy (non-hydrogen) atoms. The van der Waals surface area contributed by atoms with Crippen LogP contribution < -0.4 is 0 Å². The van der Waals surface area contributed by atoms with E-state index in [4.69, 9.17) is 23.7 Å². The van der Waals surface area contributed by atoms with Gasteiger partial charge in [0.1, 0.15) is 38.4 Å². The van der Waals surface area contributed by atoms with Gasteiger partial charge in [0.05, 0.1) is 0 Å². The lowest BCUT2D eigenvalue weighted by Crippen LogP contribution is -2.62. The average Bonchev–Trinajstić information content (AvgIpc) is 3.36. The Hall–Kier alpha value is -6.43. The van der Waals surface area contributed by atoms with Gasteiger partial charge in [0.15, 0.2) is 24.6 Å². The van der Waals surface area contributed by atoms with Gasteiger partial charge >= 0.3 is 23.9 Å². The summed E-state index contributed by atoms with van der Waals surface area (Å²) in [6, 6.07) is 17.3. The Morgan fingerprint density at radius 1 is 0.661 bits per heavy atom. The van der Waals surface area contributed by atoms with Crippen molar-refractivity contribution in [3.8, 4) is 0 Å². The van der Waals surface area contributed by atoms with Crippen molar-refractivity contribution < 1.29 is 67.7 Å². The van der Waals surface area contributed by atoms with Crippen LogP contribution in [0.4, 0.5) is 0 Å². The van der Waals surface area contributed by atoms with Crippen molar-refractivity contribution in [2.45, 2.75) is 62.8 Å². The van der Waals surface area contributed by atoms with Gasteiger partial charge in [-0.3, -0.25) is 59.6 Å². The number of carbonyl (C=O) groups is 4. The number of benzene rings is 2. The number of carbonyl (C=O) groups excluding carboxylic acids is 4. The van der Waals surface area contributed by atoms with Crippen LogP contribution in [0.3, 0.4) is 0 Å². The third-order valence-corrected chi connectivity index (χ3v) is 8.68. The molecule has 0 aromatic heterocycles. The Balaban J connectivity index is 0.000000500. The van der Waals surface area contributed by atoms with E-state index in [1.54, 1.807) is 0 Å². The van der Waals surface area contributed by atoms with E-state index in [1.165, 1.54) is 27.8 Å². The summed E-state index contributed by atoms with van der Waals surface area (Å²) in [5.41, 5.74) is 6.61. The average molecular weight is 896 g/mol. The highest BCUT2D eigenvalue weighted by atomic mass is 35.5. The minimum atomic E-state index is -2.22. The molecular formula is C38H46ClN5O18. The maximum absolute atomic E-state index is 12.3. The van der Waals surface area contributed by atoms with Crippen LogP contribution in [0.2, 0.25) is 0 Å². The van der Waals surface area contributed by atoms with Crippen LogP contribution in [0, 0.1) is 40.5 Å². The van der Waals surface area contributed by atoms with Crippen LogP contribution in [-0.2, 0) is 42.9 Å². The molecule has 23 nitrogen and oxygen atoms in total. The number of hydrogen-bond acceptors (Lipinski definition) is 19. The molecule has 0 radical (unpaired) electrons. The van der Waals surface area contributed by atoms with Crippen molar-refractivity contribution in [2.75, 3.05) is 53.4 Å². The van der Waals surface area contributed by atoms with E-state index < -0.39 is 133 Å². The van der Waals surface area contributed by atoms with Crippen LogP contribution in [-0.4, -0.2) is 138 Å². The molecule has 1 aliphatic carbocycles. The van der Waals surface area contributed by atoms with Crippen LogP contribution in [0.5, 0.6) is 0 Å². The molecule has 2 aromatic carbocycles. The summed E-state index contributed by atoms with van der Waals surface area (Å²) in [6.07, 6.45) is -5.29. The first-order chi connectivity index (χ1) is 28.9. The fourth-order valence-corrected chi connectivity index (χ4v) is 5.83. The lowest BCUT2D eigenvalue weighted by molar-refractivity contribution is -0.479. The molecule has 0 bridgehead atoms. The Bertz CT molecular complexity index is 1930. The third kappa shape index (κ3) is 17.7. The molecule has 24 heteroatoms. The molecule has 5 atom stereocenters. The van der Waals surface area contributed by atoms with E-state index in [9.17, 15) is 64.7 Å². The van der Waals surface area contributed by atoms with Gasteiger partial charge in [0, 0.05) is 26.2 Å². The molecule has 338 valence electrons. The van der Waals surface area contributed by atoms with Crippen LogP contribution >= 0.6 is 12.4 Å². The van der Waals surface area contributed by atoms with E-state index >= 15 is 0 Å². The second kappa shape index (κ2) is 26.0.